The Morgan fingerprint density at radius 3 is 1.69 bits per heavy atom. The van der Waals surface area contributed by atoms with Crippen LogP contribution in [0.3, 0.4) is 0 Å². The molecule has 0 bridgehead atoms. The summed E-state index contributed by atoms with van der Waals surface area (Å²) in [6, 6.07) is 72.9. The summed E-state index contributed by atoms with van der Waals surface area (Å²) in [5.74, 6) is 0. The van der Waals surface area contributed by atoms with Gasteiger partial charge in [0.25, 0.3) is 0 Å². The second-order valence-corrected chi connectivity index (χ2v) is 16.3. The maximum Gasteiger partial charge on any atom is 0.135 e. The van der Waals surface area contributed by atoms with Crippen molar-refractivity contribution in [1.82, 2.24) is 0 Å². The van der Waals surface area contributed by atoms with E-state index in [1.54, 1.807) is 0 Å². The fraction of sp³-hybridized carbons (Fsp3) is 0.0175. The van der Waals surface area contributed by atoms with Crippen LogP contribution in [0.25, 0.3) is 110 Å². The maximum atomic E-state index is 6.24. The van der Waals surface area contributed by atoms with Crippen LogP contribution in [0.2, 0.25) is 0 Å². The van der Waals surface area contributed by atoms with Crippen LogP contribution in [0.4, 0.5) is 0 Å². The molecular weight excluding hydrogens is 701 g/mol. The lowest BCUT2D eigenvalue weighted by atomic mass is 9.70. The molecule has 12 aromatic rings. The van der Waals surface area contributed by atoms with Gasteiger partial charge in [0.1, 0.15) is 11.2 Å². The first-order valence-corrected chi connectivity index (χ1v) is 20.2. The molecule has 1 aromatic heterocycles. The van der Waals surface area contributed by atoms with Gasteiger partial charge >= 0.3 is 0 Å². The van der Waals surface area contributed by atoms with E-state index in [0.29, 0.717) is 0 Å². The summed E-state index contributed by atoms with van der Waals surface area (Å²) in [5.41, 5.74) is 17.0. The van der Waals surface area contributed by atoms with E-state index in [-0.39, 0.29) is 0 Å². The Bertz CT molecular complexity index is 3690. The van der Waals surface area contributed by atoms with E-state index in [1.165, 1.54) is 110 Å². The van der Waals surface area contributed by atoms with Crippen molar-refractivity contribution in [2.75, 3.05) is 0 Å². The minimum Gasteiger partial charge on any atom is -0.456 e. The van der Waals surface area contributed by atoms with Crippen LogP contribution in [0.1, 0.15) is 22.3 Å². The Labute approximate surface area is 334 Å². The Morgan fingerprint density at radius 1 is 0.276 bits per heavy atom. The van der Waals surface area contributed by atoms with Gasteiger partial charge in [0.15, 0.2) is 0 Å². The highest BCUT2D eigenvalue weighted by Gasteiger charge is 2.51. The summed E-state index contributed by atoms with van der Waals surface area (Å²) < 4.78 is 6.24. The third kappa shape index (κ3) is 3.77. The largest absolute Gasteiger partial charge is 0.456 e. The van der Waals surface area contributed by atoms with Gasteiger partial charge in [-0.1, -0.05) is 158 Å². The van der Waals surface area contributed by atoms with E-state index < -0.39 is 5.41 Å². The highest BCUT2D eigenvalue weighted by molar-refractivity contribution is 6.25. The average molecular weight is 733 g/mol. The zero-order chi connectivity index (χ0) is 37.7. The Kier molecular flexibility index (Phi) is 5.76. The monoisotopic (exact) mass is 732 g/mol. The van der Waals surface area contributed by atoms with Crippen molar-refractivity contribution >= 4 is 65.0 Å². The number of fused-ring (bicyclic) bond motifs is 14. The molecule has 0 amide bonds. The molecule has 266 valence electrons. The van der Waals surface area contributed by atoms with Crippen molar-refractivity contribution in [3.05, 3.63) is 216 Å². The second-order valence-electron chi connectivity index (χ2n) is 16.3. The van der Waals surface area contributed by atoms with Gasteiger partial charge in [-0.15, -0.1) is 0 Å². The molecule has 2 aliphatic rings. The van der Waals surface area contributed by atoms with Crippen LogP contribution in [-0.4, -0.2) is 0 Å². The van der Waals surface area contributed by atoms with Gasteiger partial charge in [-0.2, -0.15) is 0 Å². The smallest absolute Gasteiger partial charge is 0.135 e. The summed E-state index contributed by atoms with van der Waals surface area (Å²) in [4.78, 5) is 0. The van der Waals surface area contributed by atoms with Crippen LogP contribution in [0.15, 0.2) is 199 Å². The quantitative estimate of drug-likeness (QED) is 0.161. The molecule has 0 saturated carbocycles. The van der Waals surface area contributed by atoms with Gasteiger partial charge < -0.3 is 4.42 Å². The maximum absolute atomic E-state index is 6.24. The molecule has 14 rings (SSSR count). The van der Waals surface area contributed by atoms with E-state index in [0.717, 1.165) is 21.9 Å². The van der Waals surface area contributed by atoms with Gasteiger partial charge in [0.05, 0.1) is 5.41 Å². The zero-order valence-electron chi connectivity index (χ0n) is 31.4. The van der Waals surface area contributed by atoms with Crippen LogP contribution < -0.4 is 0 Å². The summed E-state index contributed by atoms with van der Waals surface area (Å²) in [5, 5.41) is 12.7. The first-order valence-electron chi connectivity index (χ1n) is 20.2. The zero-order valence-corrected chi connectivity index (χ0v) is 31.4. The molecule has 1 spiro atoms. The highest BCUT2D eigenvalue weighted by atomic mass is 16.3. The first kappa shape index (κ1) is 30.7. The molecule has 11 aromatic carbocycles. The van der Waals surface area contributed by atoms with Gasteiger partial charge in [-0.05, 0) is 146 Å². The average Bonchev–Trinajstić information content (AvgIpc) is 3.90. The van der Waals surface area contributed by atoms with E-state index >= 15 is 0 Å². The first-order chi connectivity index (χ1) is 28.7. The van der Waals surface area contributed by atoms with E-state index in [4.69, 9.17) is 4.42 Å². The molecule has 0 saturated heterocycles. The lowest BCUT2D eigenvalue weighted by molar-refractivity contribution is 0.669. The van der Waals surface area contributed by atoms with Crippen molar-refractivity contribution in [3.63, 3.8) is 0 Å². The fourth-order valence-electron chi connectivity index (χ4n) is 11.2. The number of para-hydroxylation sites is 1. The third-order valence-corrected chi connectivity index (χ3v) is 13.6. The Morgan fingerprint density at radius 2 is 0.845 bits per heavy atom. The van der Waals surface area contributed by atoms with Crippen LogP contribution in [0, 0.1) is 0 Å². The number of rotatable bonds is 2. The van der Waals surface area contributed by atoms with Gasteiger partial charge in [0, 0.05) is 10.8 Å². The number of hydrogen-bond acceptors (Lipinski definition) is 1. The molecule has 1 heteroatoms. The number of furan rings is 1. The molecule has 0 unspecified atom stereocenters. The molecule has 1 heterocycles. The number of hydrogen-bond donors (Lipinski definition) is 0. The Balaban J connectivity index is 1.06. The third-order valence-electron chi connectivity index (χ3n) is 13.6. The molecule has 1 nitrogen and oxygen atoms in total. The predicted octanol–water partition coefficient (Wildman–Crippen LogP) is 15.3. The molecule has 0 aliphatic heterocycles. The van der Waals surface area contributed by atoms with Gasteiger partial charge in [-0.3, -0.25) is 0 Å². The van der Waals surface area contributed by atoms with Gasteiger partial charge in [0.2, 0.25) is 0 Å². The topological polar surface area (TPSA) is 13.1 Å². The summed E-state index contributed by atoms with van der Waals surface area (Å²) in [6.07, 6.45) is 0. The van der Waals surface area contributed by atoms with E-state index in [2.05, 4.69) is 188 Å². The van der Waals surface area contributed by atoms with Crippen molar-refractivity contribution in [1.29, 1.82) is 0 Å². The minimum atomic E-state index is -0.462. The SMILES string of the molecule is c1ccc2c(c1)-c1ccccc1C21c2cc(-c3ccc4ccc5cccc6ccc3c4c56)ccc2-c2cc3c(-c4ccc5oc6ccccc6c5c4)cccc3cc21. The van der Waals surface area contributed by atoms with Gasteiger partial charge in [-0.25, -0.2) is 0 Å². The molecule has 0 fully saturated rings. The molecular formula is C57H32O. The van der Waals surface area contributed by atoms with Crippen molar-refractivity contribution < 1.29 is 4.42 Å². The summed E-state index contributed by atoms with van der Waals surface area (Å²) in [6.45, 7) is 0. The standard InChI is InChI=1S/C57H32O/c1-4-16-49-41(12-1)42-13-2-5-17-50(42)57(49)51-31-38(40-25-21-35-20-19-33-9-7-10-34-22-27-45(40)56(35)55(33)34)23-26-43(51)47-32-46-36(30-52(47)57)11-8-15-39(46)37-24-28-54-48(29-37)44-14-3-6-18-53(44)58-54/h1-32H. The van der Waals surface area contributed by atoms with E-state index in [1.807, 2.05) is 6.07 Å². The highest BCUT2D eigenvalue weighted by Crippen LogP contribution is 2.64. The molecule has 58 heavy (non-hydrogen) atoms. The van der Waals surface area contributed by atoms with E-state index in [9.17, 15) is 0 Å². The number of benzene rings is 11. The predicted molar refractivity (Wildman–Crippen MR) is 242 cm³/mol. The fourth-order valence-corrected chi connectivity index (χ4v) is 11.2. The molecule has 2 aliphatic carbocycles. The van der Waals surface area contributed by atoms with Crippen molar-refractivity contribution in [3.8, 4) is 44.5 Å². The van der Waals surface area contributed by atoms with Crippen molar-refractivity contribution in [2.24, 2.45) is 0 Å². The summed E-state index contributed by atoms with van der Waals surface area (Å²) in [7, 11) is 0. The lowest BCUT2D eigenvalue weighted by Crippen LogP contribution is -2.25. The molecule has 0 atom stereocenters. The molecule has 0 N–H and O–H groups in total. The minimum absolute atomic E-state index is 0.462. The van der Waals surface area contributed by atoms with Crippen LogP contribution >= 0.6 is 0 Å². The summed E-state index contributed by atoms with van der Waals surface area (Å²) >= 11 is 0. The van der Waals surface area contributed by atoms with Crippen LogP contribution in [-0.2, 0) is 5.41 Å². The molecule has 0 radical (unpaired) electrons. The van der Waals surface area contributed by atoms with Crippen LogP contribution in [0.5, 0.6) is 0 Å². The van der Waals surface area contributed by atoms with Crippen molar-refractivity contribution in [2.45, 2.75) is 5.41 Å². The Hall–Kier alpha value is -7.48. The normalized spacial score (nSPS) is 13.7. The lowest BCUT2D eigenvalue weighted by Gasteiger charge is -2.31. The second kappa shape index (κ2) is 10.9.